The van der Waals surface area contributed by atoms with Gasteiger partial charge < -0.3 is 9.42 Å². The van der Waals surface area contributed by atoms with Crippen molar-refractivity contribution < 1.29 is 22.5 Å². The summed E-state index contributed by atoms with van der Waals surface area (Å²) in [7, 11) is 0. The lowest BCUT2D eigenvalue weighted by molar-refractivity contribution is -0.137. The van der Waals surface area contributed by atoms with Crippen LogP contribution in [0.4, 0.5) is 13.2 Å². The predicted molar refractivity (Wildman–Crippen MR) is 107 cm³/mol. The van der Waals surface area contributed by atoms with Crippen molar-refractivity contribution in [2.45, 2.75) is 19.6 Å². The topological polar surface area (TPSA) is 62.5 Å². The number of rotatable bonds is 4. The Morgan fingerprint density at radius 1 is 1.00 bits per heavy atom. The molecule has 162 valence electrons. The quantitative estimate of drug-likeness (QED) is 0.626. The number of aromatic nitrogens is 2. The van der Waals surface area contributed by atoms with Gasteiger partial charge in [0.1, 0.15) is 0 Å². The van der Waals surface area contributed by atoms with Gasteiger partial charge in [-0.05, 0) is 43.3 Å². The fourth-order valence-corrected chi connectivity index (χ4v) is 3.43. The maximum atomic E-state index is 12.7. The highest BCUT2D eigenvalue weighted by Crippen LogP contribution is 2.30. The Kier molecular flexibility index (Phi) is 5.77. The minimum atomic E-state index is -4.39. The number of amides is 1. The molecule has 1 aliphatic rings. The van der Waals surface area contributed by atoms with Crippen molar-refractivity contribution >= 4 is 5.91 Å². The van der Waals surface area contributed by atoms with Gasteiger partial charge in [-0.15, -0.1) is 0 Å². The van der Waals surface area contributed by atoms with Crippen LogP contribution in [0.2, 0.25) is 0 Å². The first-order valence-electron chi connectivity index (χ1n) is 9.88. The molecule has 0 saturated carbocycles. The molecule has 2 aromatic carbocycles. The number of nitrogens with zero attached hydrogens (tertiary/aromatic N) is 4. The van der Waals surface area contributed by atoms with Gasteiger partial charge in [0.25, 0.3) is 11.8 Å². The molecule has 0 atom stereocenters. The summed E-state index contributed by atoms with van der Waals surface area (Å²) in [6.45, 7) is 4.95. The SMILES string of the molecule is Cc1ccc(C(=O)N2CCN(Cc3noc(-c4ccc(C(F)(F)F)cc4)n3)CC2)cc1. The van der Waals surface area contributed by atoms with E-state index in [0.29, 0.717) is 49.7 Å². The molecule has 0 N–H and O–H groups in total. The van der Waals surface area contributed by atoms with Gasteiger partial charge >= 0.3 is 6.18 Å². The van der Waals surface area contributed by atoms with E-state index in [0.717, 1.165) is 17.7 Å². The molecule has 1 aliphatic heterocycles. The molecule has 1 fully saturated rings. The second-order valence-electron chi connectivity index (χ2n) is 7.53. The van der Waals surface area contributed by atoms with Crippen LogP contribution in [-0.4, -0.2) is 52.0 Å². The Balaban J connectivity index is 1.33. The lowest BCUT2D eigenvalue weighted by Crippen LogP contribution is -2.48. The van der Waals surface area contributed by atoms with Crippen molar-refractivity contribution in [3.8, 4) is 11.5 Å². The van der Waals surface area contributed by atoms with Gasteiger partial charge in [-0.1, -0.05) is 22.9 Å². The zero-order valence-corrected chi connectivity index (χ0v) is 16.9. The van der Waals surface area contributed by atoms with E-state index >= 15 is 0 Å². The van der Waals surface area contributed by atoms with E-state index in [9.17, 15) is 18.0 Å². The highest BCUT2D eigenvalue weighted by atomic mass is 19.4. The van der Waals surface area contributed by atoms with E-state index in [1.54, 1.807) is 0 Å². The van der Waals surface area contributed by atoms with Gasteiger partial charge in [0.05, 0.1) is 12.1 Å². The molecule has 0 radical (unpaired) electrons. The van der Waals surface area contributed by atoms with E-state index in [4.69, 9.17) is 4.52 Å². The third kappa shape index (κ3) is 4.93. The number of hydrogen-bond donors (Lipinski definition) is 0. The zero-order chi connectivity index (χ0) is 22.0. The molecule has 2 heterocycles. The predicted octanol–water partition coefficient (Wildman–Crippen LogP) is 4.02. The molecule has 0 unspecified atom stereocenters. The maximum absolute atomic E-state index is 12.7. The molecule has 1 saturated heterocycles. The van der Waals surface area contributed by atoms with Crippen molar-refractivity contribution in [1.82, 2.24) is 19.9 Å². The summed E-state index contributed by atoms with van der Waals surface area (Å²) >= 11 is 0. The Morgan fingerprint density at radius 3 is 2.26 bits per heavy atom. The van der Waals surface area contributed by atoms with Crippen LogP contribution >= 0.6 is 0 Å². The molecule has 6 nitrogen and oxygen atoms in total. The Hall–Kier alpha value is -3.20. The van der Waals surface area contributed by atoms with E-state index in [1.165, 1.54) is 12.1 Å². The monoisotopic (exact) mass is 430 g/mol. The molecule has 0 bridgehead atoms. The van der Waals surface area contributed by atoms with Crippen LogP contribution in [0.3, 0.4) is 0 Å². The highest BCUT2D eigenvalue weighted by molar-refractivity contribution is 5.94. The Labute approximate surface area is 177 Å². The summed E-state index contributed by atoms with van der Waals surface area (Å²) in [5.41, 5.74) is 1.49. The maximum Gasteiger partial charge on any atom is 0.416 e. The fourth-order valence-electron chi connectivity index (χ4n) is 3.43. The van der Waals surface area contributed by atoms with Crippen LogP contribution in [0.15, 0.2) is 53.1 Å². The molecule has 1 aromatic heterocycles. The first-order valence-corrected chi connectivity index (χ1v) is 9.88. The third-order valence-corrected chi connectivity index (χ3v) is 5.25. The molecule has 4 rings (SSSR count). The number of aryl methyl sites for hydroxylation is 1. The molecule has 1 amide bonds. The first-order chi connectivity index (χ1) is 14.8. The van der Waals surface area contributed by atoms with Gasteiger partial charge in [-0.2, -0.15) is 18.2 Å². The van der Waals surface area contributed by atoms with Gasteiger partial charge in [0.15, 0.2) is 5.82 Å². The van der Waals surface area contributed by atoms with Gasteiger partial charge in [-0.3, -0.25) is 9.69 Å². The van der Waals surface area contributed by atoms with Gasteiger partial charge in [-0.25, -0.2) is 0 Å². The molecule has 9 heteroatoms. The first kappa shape index (κ1) is 21.0. The standard InChI is InChI=1S/C22H21F3N4O2/c1-15-2-4-17(5-3-15)21(30)29-12-10-28(11-13-29)14-19-26-20(31-27-19)16-6-8-18(9-7-16)22(23,24)25/h2-9H,10-14H2,1H3. The number of halogens is 3. The average Bonchev–Trinajstić information content (AvgIpc) is 3.22. The van der Waals surface area contributed by atoms with Crippen LogP contribution in [-0.2, 0) is 12.7 Å². The summed E-state index contributed by atoms with van der Waals surface area (Å²) < 4.78 is 43.3. The largest absolute Gasteiger partial charge is 0.416 e. The summed E-state index contributed by atoms with van der Waals surface area (Å²) in [5, 5.41) is 3.94. The number of carbonyl (C=O) groups is 1. The number of carbonyl (C=O) groups excluding carboxylic acids is 1. The van der Waals surface area contributed by atoms with Crippen molar-refractivity contribution in [3.05, 3.63) is 71.0 Å². The fraction of sp³-hybridized carbons (Fsp3) is 0.318. The van der Waals surface area contributed by atoms with E-state index < -0.39 is 11.7 Å². The minimum Gasteiger partial charge on any atom is -0.336 e. The van der Waals surface area contributed by atoms with Crippen LogP contribution in [0.25, 0.3) is 11.5 Å². The van der Waals surface area contributed by atoms with E-state index in [2.05, 4.69) is 15.0 Å². The lowest BCUT2D eigenvalue weighted by Gasteiger charge is -2.34. The molecular formula is C22H21F3N4O2. The normalized spacial score (nSPS) is 15.3. The minimum absolute atomic E-state index is 0.0174. The third-order valence-electron chi connectivity index (χ3n) is 5.25. The highest BCUT2D eigenvalue weighted by Gasteiger charge is 2.30. The molecule has 31 heavy (non-hydrogen) atoms. The van der Waals surface area contributed by atoms with Crippen LogP contribution in [0, 0.1) is 6.92 Å². The van der Waals surface area contributed by atoms with Gasteiger partial charge in [0, 0.05) is 37.3 Å². The van der Waals surface area contributed by atoms with Crippen molar-refractivity contribution in [1.29, 1.82) is 0 Å². The number of alkyl halides is 3. The second-order valence-corrected chi connectivity index (χ2v) is 7.53. The summed E-state index contributed by atoms with van der Waals surface area (Å²) in [6.07, 6.45) is -4.39. The Bertz CT molecular complexity index is 1040. The molecule has 0 spiro atoms. The molecular weight excluding hydrogens is 409 g/mol. The lowest BCUT2D eigenvalue weighted by atomic mass is 10.1. The zero-order valence-electron chi connectivity index (χ0n) is 16.9. The summed E-state index contributed by atoms with van der Waals surface area (Å²) in [4.78, 5) is 20.9. The van der Waals surface area contributed by atoms with Crippen LogP contribution in [0.5, 0.6) is 0 Å². The van der Waals surface area contributed by atoms with Crippen molar-refractivity contribution in [2.24, 2.45) is 0 Å². The summed E-state index contributed by atoms with van der Waals surface area (Å²) in [5.74, 6) is 0.647. The van der Waals surface area contributed by atoms with E-state index in [-0.39, 0.29) is 11.8 Å². The number of hydrogen-bond acceptors (Lipinski definition) is 5. The molecule has 3 aromatic rings. The second kappa shape index (κ2) is 8.50. The van der Waals surface area contributed by atoms with E-state index in [1.807, 2.05) is 36.1 Å². The van der Waals surface area contributed by atoms with Gasteiger partial charge in [0.2, 0.25) is 0 Å². The molecule has 0 aliphatic carbocycles. The van der Waals surface area contributed by atoms with Crippen LogP contribution < -0.4 is 0 Å². The van der Waals surface area contributed by atoms with Crippen LogP contribution in [0.1, 0.15) is 27.3 Å². The summed E-state index contributed by atoms with van der Waals surface area (Å²) in [6, 6.07) is 12.1. The Morgan fingerprint density at radius 2 is 1.65 bits per heavy atom. The van der Waals surface area contributed by atoms with Crippen molar-refractivity contribution in [3.63, 3.8) is 0 Å². The smallest absolute Gasteiger partial charge is 0.336 e. The average molecular weight is 430 g/mol. The van der Waals surface area contributed by atoms with Crippen molar-refractivity contribution in [2.75, 3.05) is 26.2 Å². The number of piperazine rings is 1. The number of benzene rings is 2.